The first kappa shape index (κ1) is 16.3. The first-order valence-electron chi connectivity index (χ1n) is 7.62. The van der Waals surface area contributed by atoms with Gasteiger partial charge in [0.2, 0.25) is 0 Å². The number of hydrogen-bond donors (Lipinski definition) is 1. The molecule has 0 aliphatic carbocycles. The van der Waals surface area contributed by atoms with Gasteiger partial charge in [0.15, 0.2) is 0 Å². The summed E-state index contributed by atoms with van der Waals surface area (Å²) >= 11 is 5.82. The first-order valence-corrected chi connectivity index (χ1v) is 8.16. The number of hydrogen-bond acceptors (Lipinski definition) is 3. The lowest BCUT2D eigenvalue weighted by Gasteiger charge is -2.06. The van der Waals surface area contributed by atoms with Crippen LogP contribution >= 0.6 is 11.6 Å². The van der Waals surface area contributed by atoms with Crippen LogP contribution in [0.2, 0.25) is 0 Å². The molecule has 1 N–H and O–H groups in total. The summed E-state index contributed by atoms with van der Waals surface area (Å²) in [7, 11) is 0. The van der Waals surface area contributed by atoms with Gasteiger partial charge in [-0.3, -0.25) is 4.79 Å². The second kappa shape index (κ2) is 7.32. The maximum atomic E-state index is 12.3. The summed E-state index contributed by atoms with van der Waals surface area (Å²) in [6.45, 7) is 0.446. The highest BCUT2D eigenvalue weighted by molar-refractivity contribution is 6.17. The topological polar surface area (TPSA) is 59.3 Å². The molecule has 122 valence electrons. The Bertz CT molecular complexity index is 919. The molecule has 5 heteroatoms. The van der Waals surface area contributed by atoms with Crippen LogP contribution in [-0.2, 0) is 12.3 Å². The van der Waals surface area contributed by atoms with Gasteiger partial charge in [-0.25, -0.2) is 4.79 Å². The third-order valence-corrected chi connectivity index (χ3v) is 4.05. The Morgan fingerprint density at radius 1 is 1.04 bits per heavy atom. The summed E-state index contributed by atoms with van der Waals surface area (Å²) in [6.07, 6.45) is 0.696. The number of rotatable bonds is 5. The summed E-state index contributed by atoms with van der Waals surface area (Å²) in [4.78, 5) is 24.3. The van der Waals surface area contributed by atoms with Crippen LogP contribution < -0.4 is 10.9 Å². The number of alkyl halides is 1. The highest BCUT2D eigenvalue weighted by atomic mass is 35.5. The molecule has 0 aliphatic heterocycles. The van der Waals surface area contributed by atoms with Gasteiger partial charge in [0.05, 0.1) is 0 Å². The van der Waals surface area contributed by atoms with Crippen molar-refractivity contribution in [1.29, 1.82) is 0 Å². The molecule has 3 rings (SSSR count). The van der Waals surface area contributed by atoms with Crippen LogP contribution in [0.5, 0.6) is 0 Å². The lowest BCUT2D eigenvalue weighted by molar-refractivity contribution is 0.0950. The molecule has 0 saturated heterocycles. The molecule has 0 bridgehead atoms. The quantitative estimate of drug-likeness (QED) is 0.570. The Morgan fingerprint density at radius 2 is 1.83 bits per heavy atom. The van der Waals surface area contributed by atoms with Crippen molar-refractivity contribution in [1.82, 2.24) is 5.32 Å². The van der Waals surface area contributed by atoms with E-state index in [1.54, 1.807) is 18.2 Å². The minimum atomic E-state index is -0.640. The molecule has 24 heavy (non-hydrogen) atoms. The smallest absolute Gasteiger partial charge is 0.349 e. The Labute approximate surface area is 144 Å². The lowest BCUT2D eigenvalue weighted by atomic mass is 10.1. The number of carbonyl (C=O) groups is 1. The zero-order valence-electron chi connectivity index (χ0n) is 12.9. The third kappa shape index (κ3) is 3.66. The summed E-state index contributed by atoms with van der Waals surface area (Å²) in [6, 6.07) is 16.7. The maximum Gasteiger partial charge on any atom is 0.349 e. The molecule has 1 aromatic heterocycles. The molecule has 1 amide bonds. The number of amides is 1. The fourth-order valence-corrected chi connectivity index (χ4v) is 2.64. The second-order valence-electron chi connectivity index (χ2n) is 5.44. The van der Waals surface area contributed by atoms with Gasteiger partial charge in [-0.2, -0.15) is 0 Å². The third-order valence-electron chi connectivity index (χ3n) is 3.74. The van der Waals surface area contributed by atoms with Gasteiger partial charge in [-0.15, -0.1) is 11.6 Å². The molecule has 0 atom stereocenters. The molecular weight excluding hydrogens is 326 g/mol. The molecule has 2 aromatic carbocycles. The fourth-order valence-electron chi connectivity index (χ4n) is 2.47. The SMILES string of the molecule is O=C(NCCc1ccccc1)c1cc2cc(CCl)ccc2oc1=O. The average molecular weight is 342 g/mol. The number of nitrogens with one attached hydrogen (secondary N) is 1. The standard InChI is InChI=1S/C19H16ClNO3/c20-12-14-6-7-17-15(10-14)11-16(19(23)24-17)18(22)21-9-8-13-4-2-1-3-5-13/h1-7,10-11H,8-9,12H2,(H,21,22). The van der Waals surface area contributed by atoms with Crippen molar-refractivity contribution in [3.63, 3.8) is 0 Å². The van der Waals surface area contributed by atoms with E-state index in [0.717, 1.165) is 11.1 Å². The predicted molar refractivity (Wildman–Crippen MR) is 94.5 cm³/mol. The number of benzene rings is 2. The Morgan fingerprint density at radius 3 is 2.58 bits per heavy atom. The molecular formula is C19H16ClNO3. The fraction of sp³-hybridized carbons (Fsp3) is 0.158. The zero-order valence-corrected chi connectivity index (χ0v) is 13.7. The normalized spacial score (nSPS) is 10.7. The number of carbonyl (C=O) groups excluding carboxylic acids is 1. The van der Waals surface area contributed by atoms with E-state index in [2.05, 4.69) is 5.32 Å². The van der Waals surface area contributed by atoms with E-state index in [1.807, 2.05) is 36.4 Å². The Hall–Kier alpha value is -2.59. The molecule has 0 fully saturated rings. The first-order chi connectivity index (χ1) is 11.7. The van der Waals surface area contributed by atoms with Crippen LogP contribution in [0, 0.1) is 0 Å². The van der Waals surface area contributed by atoms with Crippen LogP contribution in [0.3, 0.4) is 0 Å². The second-order valence-corrected chi connectivity index (χ2v) is 5.71. The molecule has 0 unspecified atom stereocenters. The van der Waals surface area contributed by atoms with E-state index in [0.29, 0.717) is 29.8 Å². The molecule has 1 heterocycles. The predicted octanol–water partition coefficient (Wildman–Crippen LogP) is 3.50. The molecule has 0 radical (unpaired) electrons. The number of fused-ring (bicyclic) bond motifs is 1. The van der Waals surface area contributed by atoms with E-state index in [-0.39, 0.29) is 5.56 Å². The monoisotopic (exact) mass is 341 g/mol. The maximum absolute atomic E-state index is 12.3. The summed E-state index contributed by atoms with van der Waals surface area (Å²) in [5.74, 6) is -0.0777. The summed E-state index contributed by atoms with van der Waals surface area (Å²) in [5.41, 5.74) is 1.82. The van der Waals surface area contributed by atoms with Crippen LogP contribution in [0.4, 0.5) is 0 Å². The van der Waals surface area contributed by atoms with E-state index in [4.69, 9.17) is 16.0 Å². The molecule has 0 aliphatic rings. The van der Waals surface area contributed by atoms with Crippen molar-refractivity contribution in [2.45, 2.75) is 12.3 Å². The van der Waals surface area contributed by atoms with E-state index in [1.165, 1.54) is 0 Å². The van der Waals surface area contributed by atoms with Crippen molar-refractivity contribution >= 4 is 28.5 Å². The molecule has 0 spiro atoms. The highest BCUT2D eigenvalue weighted by Gasteiger charge is 2.13. The van der Waals surface area contributed by atoms with Gasteiger partial charge >= 0.3 is 5.63 Å². The minimum Gasteiger partial charge on any atom is -0.422 e. The summed E-state index contributed by atoms with van der Waals surface area (Å²) in [5, 5.41) is 3.44. The van der Waals surface area contributed by atoms with E-state index in [9.17, 15) is 9.59 Å². The molecule has 0 saturated carbocycles. The van der Waals surface area contributed by atoms with E-state index < -0.39 is 11.5 Å². The van der Waals surface area contributed by atoms with Crippen molar-refractivity contribution < 1.29 is 9.21 Å². The zero-order chi connectivity index (χ0) is 16.9. The molecule has 3 aromatic rings. The van der Waals surface area contributed by atoms with Crippen LogP contribution in [0.15, 0.2) is 63.8 Å². The van der Waals surface area contributed by atoms with Crippen molar-refractivity contribution in [2.75, 3.05) is 6.54 Å². The lowest BCUT2D eigenvalue weighted by Crippen LogP contribution is -2.29. The highest BCUT2D eigenvalue weighted by Crippen LogP contribution is 2.17. The van der Waals surface area contributed by atoms with Gasteiger partial charge in [0.1, 0.15) is 11.1 Å². The minimum absolute atomic E-state index is 0.00211. The summed E-state index contributed by atoms with van der Waals surface area (Å²) < 4.78 is 5.22. The van der Waals surface area contributed by atoms with Crippen molar-refractivity contribution in [3.8, 4) is 0 Å². The van der Waals surface area contributed by atoms with Gasteiger partial charge < -0.3 is 9.73 Å². The average Bonchev–Trinajstić information content (AvgIpc) is 2.61. The largest absolute Gasteiger partial charge is 0.422 e. The van der Waals surface area contributed by atoms with Gasteiger partial charge in [-0.1, -0.05) is 36.4 Å². The van der Waals surface area contributed by atoms with Gasteiger partial charge in [0.25, 0.3) is 5.91 Å². The number of halogens is 1. The Kier molecular flexibility index (Phi) is 4.96. The van der Waals surface area contributed by atoms with Crippen LogP contribution in [0.1, 0.15) is 21.5 Å². The van der Waals surface area contributed by atoms with E-state index >= 15 is 0 Å². The van der Waals surface area contributed by atoms with Gasteiger partial charge in [-0.05, 0) is 35.7 Å². The van der Waals surface area contributed by atoms with Crippen molar-refractivity contribution in [2.24, 2.45) is 0 Å². The van der Waals surface area contributed by atoms with Gasteiger partial charge in [0, 0.05) is 17.8 Å². The Balaban J connectivity index is 1.76. The molecule has 4 nitrogen and oxygen atoms in total. The van der Waals surface area contributed by atoms with Crippen LogP contribution in [-0.4, -0.2) is 12.5 Å². The van der Waals surface area contributed by atoms with Crippen molar-refractivity contribution in [3.05, 3.63) is 81.7 Å². The van der Waals surface area contributed by atoms with Crippen LogP contribution in [0.25, 0.3) is 11.0 Å².